The van der Waals surface area contributed by atoms with E-state index in [9.17, 15) is 0 Å². The van der Waals surface area contributed by atoms with Crippen molar-refractivity contribution in [1.29, 1.82) is 0 Å². The van der Waals surface area contributed by atoms with Gasteiger partial charge in [0.05, 0.1) is 32.2 Å². The SMILES string of the molecule is CCCCCCCCCCCCCS(OC)(OC)OC. The fraction of sp³-hybridized carbons (Fsp3) is 1.00. The lowest BCUT2D eigenvalue weighted by Crippen LogP contribution is -2.11. The van der Waals surface area contributed by atoms with Crippen molar-refractivity contribution in [2.75, 3.05) is 27.1 Å². The zero-order valence-electron chi connectivity index (χ0n) is 14.1. The molecular formula is C16H36O3S. The molecule has 124 valence electrons. The van der Waals surface area contributed by atoms with Crippen LogP contribution in [0.25, 0.3) is 0 Å². The van der Waals surface area contributed by atoms with Gasteiger partial charge in [0, 0.05) is 5.75 Å². The molecule has 0 aliphatic heterocycles. The molecule has 0 saturated heterocycles. The van der Waals surface area contributed by atoms with Crippen molar-refractivity contribution < 1.29 is 12.5 Å². The molecule has 0 amide bonds. The molecule has 0 atom stereocenters. The highest BCUT2D eigenvalue weighted by Gasteiger charge is 2.21. The molecule has 0 radical (unpaired) electrons. The quantitative estimate of drug-likeness (QED) is 0.359. The van der Waals surface area contributed by atoms with E-state index in [1.807, 2.05) is 0 Å². The molecule has 4 heteroatoms. The molecular weight excluding hydrogens is 272 g/mol. The molecule has 0 unspecified atom stereocenters. The maximum atomic E-state index is 5.37. The minimum atomic E-state index is -1.72. The monoisotopic (exact) mass is 308 g/mol. The summed E-state index contributed by atoms with van der Waals surface area (Å²) in [5, 5.41) is 0. The van der Waals surface area contributed by atoms with Crippen LogP contribution in [0.5, 0.6) is 0 Å². The smallest absolute Gasteiger partial charge is 0.0879 e. The second kappa shape index (κ2) is 14.2. The standard InChI is InChI=1S/C16H36O3S/c1-5-6-7-8-9-10-11-12-13-14-15-16-20(17-2,18-3)19-4/h5-16H2,1-4H3. The first-order valence-corrected chi connectivity index (χ1v) is 9.80. The van der Waals surface area contributed by atoms with E-state index in [1.165, 1.54) is 64.2 Å². The minimum absolute atomic E-state index is 0.882. The summed E-state index contributed by atoms with van der Waals surface area (Å²) in [5.41, 5.74) is 0. The van der Waals surface area contributed by atoms with Crippen LogP contribution in [0, 0.1) is 0 Å². The van der Waals surface area contributed by atoms with Gasteiger partial charge < -0.3 is 0 Å². The summed E-state index contributed by atoms with van der Waals surface area (Å²) in [4.78, 5) is 0. The minimum Gasteiger partial charge on any atom is -0.296 e. The van der Waals surface area contributed by atoms with Gasteiger partial charge in [-0.05, 0) is 6.42 Å². The van der Waals surface area contributed by atoms with Crippen LogP contribution < -0.4 is 0 Å². The summed E-state index contributed by atoms with van der Waals surface area (Å²) in [6.45, 7) is 2.27. The second-order valence-electron chi connectivity index (χ2n) is 5.30. The molecule has 20 heavy (non-hydrogen) atoms. The van der Waals surface area contributed by atoms with Crippen LogP contribution in [0.2, 0.25) is 0 Å². The molecule has 0 aromatic carbocycles. The van der Waals surface area contributed by atoms with Gasteiger partial charge in [-0.25, -0.2) is 0 Å². The van der Waals surface area contributed by atoms with Crippen molar-refractivity contribution in [3.05, 3.63) is 0 Å². The third kappa shape index (κ3) is 10.0. The average molecular weight is 309 g/mol. The third-order valence-electron chi connectivity index (χ3n) is 3.76. The van der Waals surface area contributed by atoms with E-state index < -0.39 is 10.9 Å². The topological polar surface area (TPSA) is 27.7 Å². The summed E-state index contributed by atoms with van der Waals surface area (Å²) in [6.07, 6.45) is 14.9. The van der Waals surface area contributed by atoms with Gasteiger partial charge in [0.2, 0.25) is 0 Å². The normalized spacial score (nSPS) is 12.8. The summed E-state index contributed by atoms with van der Waals surface area (Å²) in [5.74, 6) is 0.882. The van der Waals surface area contributed by atoms with Gasteiger partial charge in [-0.15, -0.1) is 0 Å². The number of unbranched alkanes of at least 4 members (excludes halogenated alkanes) is 10. The molecule has 0 spiro atoms. The zero-order chi connectivity index (χ0) is 15.1. The average Bonchev–Trinajstić information content (AvgIpc) is 2.49. The van der Waals surface area contributed by atoms with Gasteiger partial charge in [0.1, 0.15) is 0 Å². The molecule has 0 rings (SSSR count). The Morgan fingerprint density at radius 3 is 1.25 bits per heavy atom. The van der Waals surface area contributed by atoms with Crippen molar-refractivity contribution in [1.82, 2.24) is 0 Å². The summed E-state index contributed by atoms with van der Waals surface area (Å²) in [6, 6.07) is 0. The molecule has 0 bridgehead atoms. The van der Waals surface area contributed by atoms with Gasteiger partial charge >= 0.3 is 0 Å². The zero-order valence-corrected chi connectivity index (χ0v) is 14.9. The van der Waals surface area contributed by atoms with Crippen molar-refractivity contribution >= 4 is 10.9 Å². The van der Waals surface area contributed by atoms with Crippen molar-refractivity contribution in [2.24, 2.45) is 0 Å². The van der Waals surface area contributed by atoms with Crippen LogP contribution in [0.3, 0.4) is 0 Å². The van der Waals surface area contributed by atoms with Crippen LogP contribution in [-0.4, -0.2) is 27.1 Å². The van der Waals surface area contributed by atoms with E-state index in [1.54, 1.807) is 21.3 Å². The van der Waals surface area contributed by atoms with Gasteiger partial charge in [-0.2, -0.15) is 0 Å². The maximum Gasteiger partial charge on any atom is 0.0879 e. The summed E-state index contributed by atoms with van der Waals surface area (Å²) in [7, 11) is 3.28. The van der Waals surface area contributed by atoms with E-state index >= 15 is 0 Å². The maximum absolute atomic E-state index is 5.37. The Morgan fingerprint density at radius 2 is 0.900 bits per heavy atom. The molecule has 0 heterocycles. The predicted molar refractivity (Wildman–Crippen MR) is 89.9 cm³/mol. The van der Waals surface area contributed by atoms with Crippen LogP contribution in [0.1, 0.15) is 77.6 Å². The van der Waals surface area contributed by atoms with Crippen molar-refractivity contribution in [3.63, 3.8) is 0 Å². The lowest BCUT2D eigenvalue weighted by Gasteiger charge is -2.33. The van der Waals surface area contributed by atoms with E-state index in [0.29, 0.717) is 0 Å². The number of hydrogen-bond acceptors (Lipinski definition) is 3. The van der Waals surface area contributed by atoms with E-state index in [4.69, 9.17) is 12.5 Å². The van der Waals surface area contributed by atoms with Crippen molar-refractivity contribution in [2.45, 2.75) is 77.6 Å². The first-order valence-electron chi connectivity index (χ1n) is 8.22. The molecule has 0 fully saturated rings. The Morgan fingerprint density at radius 1 is 0.550 bits per heavy atom. The Labute approximate surface area is 128 Å². The number of hydrogen-bond donors (Lipinski definition) is 0. The highest BCUT2D eigenvalue weighted by Crippen LogP contribution is 2.49. The molecule has 0 aromatic rings. The van der Waals surface area contributed by atoms with Gasteiger partial charge in [-0.1, -0.05) is 71.1 Å². The Hall–Kier alpha value is 0.230. The van der Waals surface area contributed by atoms with E-state index in [0.717, 1.165) is 12.2 Å². The highest BCUT2D eigenvalue weighted by molar-refractivity contribution is 8.21. The second-order valence-corrected chi connectivity index (χ2v) is 7.82. The summed E-state index contributed by atoms with van der Waals surface area (Å²) < 4.78 is 16.1. The Kier molecular flexibility index (Phi) is 14.3. The van der Waals surface area contributed by atoms with Crippen molar-refractivity contribution in [3.8, 4) is 0 Å². The molecule has 0 saturated carbocycles. The van der Waals surface area contributed by atoms with Crippen LogP contribution in [0.4, 0.5) is 0 Å². The summed E-state index contributed by atoms with van der Waals surface area (Å²) >= 11 is 0. The first kappa shape index (κ1) is 20.2. The first-order chi connectivity index (χ1) is 9.74. The number of rotatable bonds is 15. The lowest BCUT2D eigenvalue weighted by atomic mass is 10.1. The molecule has 3 nitrogen and oxygen atoms in total. The van der Waals surface area contributed by atoms with Gasteiger partial charge in [0.25, 0.3) is 0 Å². The van der Waals surface area contributed by atoms with E-state index in [2.05, 4.69) is 6.92 Å². The van der Waals surface area contributed by atoms with Crippen LogP contribution in [-0.2, 0) is 12.5 Å². The van der Waals surface area contributed by atoms with Crippen LogP contribution in [0.15, 0.2) is 0 Å². The third-order valence-corrected chi connectivity index (χ3v) is 6.07. The Bertz CT molecular complexity index is 188. The lowest BCUT2D eigenvalue weighted by molar-refractivity contribution is 0.247. The van der Waals surface area contributed by atoms with Crippen LogP contribution >= 0.6 is 10.9 Å². The molecule has 0 N–H and O–H groups in total. The largest absolute Gasteiger partial charge is 0.296 e. The predicted octanol–water partition coefficient (Wildman–Crippen LogP) is 5.79. The molecule has 0 aromatic heterocycles. The Balaban J connectivity index is 3.32. The molecule has 0 aliphatic rings. The fourth-order valence-electron chi connectivity index (χ4n) is 2.40. The molecule has 0 aliphatic carbocycles. The fourth-order valence-corrected chi connectivity index (χ4v) is 3.86. The van der Waals surface area contributed by atoms with E-state index in [-0.39, 0.29) is 0 Å². The van der Waals surface area contributed by atoms with Gasteiger partial charge in [0.15, 0.2) is 0 Å². The van der Waals surface area contributed by atoms with Gasteiger partial charge in [-0.3, -0.25) is 12.5 Å². The highest BCUT2D eigenvalue weighted by atomic mass is 32.3.